The first-order chi connectivity index (χ1) is 10.3. The lowest BCUT2D eigenvalue weighted by molar-refractivity contribution is -0.725. The fraction of sp³-hybridized carbons (Fsp3) is 0.500. The minimum atomic E-state index is -4.73. The molecule has 1 fully saturated rings. The molecule has 122 valence electrons. The van der Waals surface area contributed by atoms with Gasteiger partial charge in [-0.1, -0.05) is 18.3 Å². The molecule has 2 rings (SSSR count). The van der Waals surface area contributed by atoms with Crippen LogP contribution in [0.25, 0.3) is 0 Å². The third-order valence-electron chi connectivity index (χ3n) is 3.24. The monoisotopic (exact) mass is 353 g/mol. The van der Waals surface area contributed by atoms with Crippen LogP contribution in [0.4, 0.5) is 13.2 Å². The van der Waals surface area contributed by atoms with Crippen LogP contribution in [0.3, 0.4) is 0 Å². The van der Waals surface area contributed by atoms with E-state index in [0.29, 0.717) is 4.32 Å². The summed E-state index contributed by atoms with van der Waals surface area (Å²) in [6.07, 6.45) is 0.506. The minimum Gasteiger partial charge on any atom is -0.417 e. The topological polar surface area (TPSA) is 61.6 Å². The second-order valence-electron chi connectivity index (χ2n) is 4.80. The van der Waals surface area contributed by atoms with Gasteiger partial charge in [0.25, 0.3) is 5.71 Å². The van der Waals surface area contributed by atoms with E-state index in [-0.39, 0.29) is 0 Å². The van der Waals surface area contributed by atoms with Gasteiger partial charge in [-0.25, -0.2) is 4.72 Å². The Morgan fingerprint density at radius 2 is 2.09 bits per heavy atom. The van der Waals surface area contributed by atoms with E-state index in [1.165, 1.54) is 6.08 Å². The lowest BCUT2D eigenvalue weighted by atomic mass is 10.0. The maximum Gasteiger partial charge on any atom is 0.422 e. The van der Waals surface area contributed by atoms with Gasteiger partial charge >= 0.3 is 6.18 Å². The quantitative estimate of drug-likeness (QED) is 0.261. The van der Waals surface area contributed by atoms with E-state index in [4.69, 9.17) is 17.4 Å². The molecule has 0 bridgehead atoms. The third-order valence-corrected chi connectivity index (χ3v) is 4.57. The van der Waals surface area contributed by atoms with Crippen LogP contribution >= 0.6 is 24.2 Å². The molecule has 22 heavy (non-hydrogen) atoms. The smallest absolute Gasteiger partial charge is 0.417 e. The van der Waals surface area contributed by atoms with Crippen molar-refractivity contribution in [1.82, 2.24) is 9.62 Å². The van der Waals surface area contributed by atoms with Gasteiger partial charge in [0.1, 0.15) is 5.57 Å². The first-order valence-corrected chi connectivity index (χ1v) is 7.73. The van der Waals surface area contributed by atoms with Crippen molar-refractivity contribution in [3.63, 3.8) is 0 Å². The summed E-state index contributed by atoms with van der Waals surface area (Å²) in [5, 5.41) is 19.5. The van der Waals surface area contributed by atoms with Gasteiger partial charge in [0.15, 0.2) is 4.32 Å². The molecule has 0 aromatic carbocycles. The van der Waals surface area contributed by atoms with Gasteiger partial charge in [0.05, 0.1) is 6.04 Å². The van der Waals surface area contributed by atoms with Gasteiger partial charge in [-0.05, 0) is 30.9 Å². The fourth-order valence-electron chi connectivity index (χ4n) is 2.17. The van der Waals surface area contributed by atoms with Crippen molar-refractivity contribution in [3.8, 4) is 0 Å². The van der Waals surface area contributed by atoms with Gasteiger partial charge in [-0.3, -0.25) is 5.21 Å². The van der Waals surface area contributed by atoms with E-state index < -0.39 is 28.4 Å². The number of rotatable bonds is 2. The summed E-state index contributed by atoms with van der Waals surface area (Å²) in [6, 6.07) is -0.745. The lowest BCUT2D eigenvalue weighted by Crippen LogP contribution is -2.33. The maximum absolute atomic E-state index is 12.9. The van der Waals surface area contributed by atoms with Crippen LogP contribution in [-0.2, 0) is 0 Å². The normalized spacial score (nSPS) is 24.4. The van der Waals surface area contributed by atoms with Crippen molar-refractivity contribution >= 4 is 34.2 Å². The zero-order valence-corrected chi connectivity index (χ0v) is 13.0. The highest BCUT2D eigenvalue weighted by atomic mass is 32.2. The molecule has 1 aliphatic heterocycles. The number of hydrogen-bond acceptors (Lipinski definition) is 5. The predicted octanol–water partition coefficient (Wildman–Crippen LogP) is 2.37. The number of halogens is 3. The molecule has 2 aliphatic rings. The molecule has 2 N–H and O–H groups in total. The number of allylic oxidation sites excluding steroid dienone is 2. The van der Waals surface area contributed by atoms with Crippen molar-refractivity contribution in [3.05, 3.63) is 29.0 Å². The van der Waals surface area contributed by atoms with Crippen LogP contribution in [0.15, 0.2) is 23.8 Å². The Hall–Kier alpha value is -1.26. The molecule has 10 heteroatoms. The van der Waals surface area contributed by atoms with Gasteiger partial charge in [0.2, 0.25) is 0 Å². The molecule has 0 radical (unpaired) electrons. The number of thiocarbonyl (C=S) groups is 1. The van der Waals surface area contributed by atoms with Crippen molar-refractivity contribution in [2.24, 2.45) is 0 Å². The van der Waals surface area contributed by atoms with E-state index in [9.17, 15) is 18.4 Å². The number of nitrogens with zero attached hydrogens (tertiary/aromatic N) is 2. The van der Waals surface area contributed by atoms with Gasteiger partial charge in [0, 0.05) is 24.1 Å². The Balaban J connectivity index is 2.03. The minimum absolute atomic E-state index is 0.579. The highest BCUT2D eigenvalue weighted by Gasteiger charge is 2.42. The second-order valence-corrected chi connectivity index (χ2v) is 6.27. The first-order valence-electron chi connectivity index (χ1n) is 6.51. The summed E-state index contributed by atoms with van der Waals surface area (Å²) >= 11 is 6.29. The van der Waals surface area contributed by atoms with E-state index >= 15 is 0 Å². The SMILES string of the molecule is [O-]/[N+](O)=C1/C=CC(NSC(=S)N2CCCC2)C=C1C(F)(F)F. The van der Waals surface area contributed by atoms with E-state index in [1.807, 2.05) is 4.90 Å². The third kappa shape index (κ3) is 4.14. The Morgan fingerprint density at radius 3 is 2.64 bits per heavy atom. The highest BCUT2D eigenvalue weighted by Crippen LogP contribution is 2.30. The van der Waals surface area contributed by atoms with Crippen LogP contribution in [-0.4, -0.2) is 50.3 Å². The Bertz CT molecular complexity index is 536. The molecule has 0 spiro atoms. The van der Waals surface area contributed by atoms with E-state index in [2.05, 4.69) is 4.72 Å². The van der Waals surface area contributed by atoms with Crippen molar-refractivity contribution in [2.45, 2.75) is 25.1 Å². The van der Waals surface area contributed by atoms with Crippen molar-refractivity contribution < 1.29 is 23.3 Å². The number of nitrogens with one attached hydrogen (secondary N) is 1. The average molecular weight is 353 g/mol. The summed E-state index contributed by atoms with van der Waals surface area (Å²) in [5.41, 5.74) is -2.02. The zero-order chi connectivity index (χ0) is 16.3. The molecular formula is C12H14F3N3O2S2. The highest BCUT2D eigenvalue weighted by molar-refractivity contribution is 8.21. The number of hydrogen-bond donors (Lipinski definition) is 2. The molecule has 1 atom stereocenters. The van der Waals surface area contributed by atoms with E-state index in [1.54, 1.807) is 0 Å². The van der Waals surface area contributed by atoms with Gasteiger partial charge in [-0.15, -0.1) is 0 Å². The molecule has 1 aliphatic carbocycles. The molecule has 1 heterocycles. The molecule has 0 amide bonds. The molecule has 0 aromatic heterocycles. The molecule has 1 unspecified atom stereocenters. The van der Waals surface area contributed by atoms with Crippen molar-refractivity contribution in [1.29, 1.82) is 0 Å². The summed E-state index contributed by atoms with van der Waals surface area (Å²) in [6.45, 7) is 1.70. The summed E-state index contributed by atoms with van der Waals surface area (Å²) in [5.74, 6) is 0. The first kappa shape index (κ1) is 17.1. The number of likely N-dealkylation sites (tertiary alicyclic amines) is 1. The molecular weight excluding hydrogens is 339 g/mol. The Kier molecular flexibility index (Phi) is 5.35. The fourth-order valence-corrected chi connectivity index (χ4v) is 3.19. The second kappa shape index (κ2) is 6.88. The zero-order valence-electron chi connectivity index (χ0n) is 11.3. The van der Waals surface area contributed by atoms with Crippen LogP contribution < -0.4 is 4.72 Å². The average Bonchev–Trinajstić information content (AvgIpc) is 2.97. The molecule has 5 nitrogen and oxygen atoms in total. The largest absolute Gasteiger partial charge is 0.422 e. The molecule has 0 aromatic rings. The van der Waals surface area contributed by atoms with Crippen LogP contribution in [0, 0.1) is 5.21 Å². The van der Waals surface area contributed by atoms with Crippen LogP contribution in [0.5, 0.6) is 0 Å². The van der Waals surface area contributed by atoms with Crippen LogP contribution in [0.1, 0.15) is 12.8 Å². The molecule has 0 saturated carbocycles. The summed E-state index contributed by atoms with van der Waals surface area (Å²) in [4.78, 5) is 1.20. The number of alkyl halides is 3. The van der Waals surface area contributed by atoms with Crippen molar-refractivity contribution in [2.75, 3.05) is 13.1 Å². The Labute approximate surface area is 134 Å². The van der Waals surface area contributed by atoms with Crippen LogP contribution in [0.2, 0.25) is 0 Å². The lowest BCUT2D eigenvalue weighted by Gasteiger charge is -2.21. The van der Waals surface area contributed by atoms with E-state index in [0.717, 1.165) is 50.0 Å². The molecule has 1 saturated heterocycles. The maximum atomic E-state index is 12.9. The van der Waals surface area contributed by atoms with Gasteiger partial charge in [-0.2, -0.15) is 13.2 Å². The summed E-state index contributed by atoms with van der Waals surface area (Å²) in [7, 11) is 0. The standard InChI is InChI=1S/C12H14F3N3O2S2/c13-12(14,15)9-7-8(3-4-10(9)18(19)20)16-22-11(21)17-5-1-2-6-17/h3-4,7-8,16H,1-2,5-6H2,(H,19,20). The Morgan fingerprint density at radius 1 is 1.45 bits per heavy atom. The summed E-state index contributed by atoms with van der Waals surface area (Å²) < 4.78 is 42.1. The predicted molar refractivity (Wildman–Crippen MR) is 81.6 cm³/mol. The van der Waals surface area contributed by atoms with Gasteiger partial charge < -0.3 is 10.1 Å².